The van der Waals surface area contributed by atoms with Gasteiger partial charge in [-0.15, -0.1) is 0 Å². The van der Waals surface area contributed by atoms with Gasteiger partial charge in [-0.2, -0.15) is 0 Å². The predicted molar refractivity (Wildman–Crippen MR) is 78.5 cm³/mol. The van der Waals surface area contributed by atoms with E-state index in [0.717, 1.165) is 18.9 Å². The second-order valence-electron chi connectivity index (χ2n) is 5.86. The maximum absolute atomic E-state index is 4.44. The molecule has 1 atom stereocenters. The van der Waals surface area contributed by atoms with Crippen LogP contribution in [0.2, 0.25) is 0 Å². The van der Waals surface area contributed by atoms with Gasteiger partial charge in [0.05, 0.1) is 0 Å². The first-order valence-corrected chi connectivity index (χ1v) is 7.42. The van der Waals surface area contributed by atoms with Crippen LogP contribution in [0, 0.1) is 0 Å². The van der Waals surface area contributed by atoms with Crippen LogP contribution in [-0.4, -0.2) is 55.2 Å². The van der Waals surface area contributed by atoms with E-state index in [4.69, 9.17) is 0 Å². The van der Waals surface area contributed by atoms with Gasteiger partial charge in [0.25, 0.3) is 0 Å². The number of nitrogens with one attached hydrogen (secondary N) is 1. The SMILES string of the molecule is CN1CCC(NC2CCN(c3ccccn3)CC2)C1. The van der Waals surface area contributed by atoms with E-state index >= 15 is 0 Å². The minimum Gasteiger partial charge on any atom is -0.357 e. The zero-order valence-corrected chi connectivity index (χ0v) is 11.8. The van der Waals surface area contributed by atoms with Gasteiger partial charge in [-0.25, -0.2) is 4.98 Å². The van der Waals surface area contributed by atoms with E-state index in [1.165, 1.54) is 32.4 Å². The van der Waals surface area contributed by atoms with Crippen molar-refractivity contribution in [2.45, 2.75) is 31.3 Å². The van der Waals surface area contributed by atoms with Crippen molar-refractivity contribution in [3.05, 3.63) is 24.4 Å². The van der Waals surface area contributed by atoms with Crippen LogP contribution in [0.5, 0.6) is 0 Å². The van der Waals surface area contributed by atoms with Crippen molar-refractivity contribution in [1.82, 2.24) is 15.2 Å². The molecule has 2 aliphatic heterocycles. The summed E-state index contributed by atoms with van der Waals surface area (Å²) in [6, 6.07) is 7.56. The van der Waals surface area contributed by atoms with Gasteiger partial charge in [-0.3, -0.25) is 0 Å². The zero-order valence-electron chi connectivity index (χ0n) is 11.8. The standard InChI is InChI=1S/C15H24N4/c1-18-9-5-14(12-18)17-13-6-10-19(11-7-13)15-4-2-3-8-16-15/h2-4,8,13-14,17H,5-7,9-12H2,1H3. The van der Waals surface area contributed by atoms with Crippen molar-refractivity contribution in [2.75, 3.05) is 38.1 Å². The quantitative estimate of drug-likeness (QED) is 0.889. The number of piperidine rings is 1. The summed E-state index contributed by atoms with van der Waals surface area (Å²) >= 11 is 0. The molecule has 0 spiro atoms. The lowest BCUT2D eigenvalue weighted by Gasteiger charge is -2.34. The molecule has 1 unspecified atom stereocenters. The van der Waals surface area contributed by atoms with Crippen molar-refractivity contribution in [2.24, 2.45) is 0 Å². The summed E-state index contributed by atoms with van der Waals surface area (Å²) in [5.74, 6) is 1.13. The fraction of sp³-hybridized carbons (Fsp3) is 0.667. The van der Waals surface area contributed by atoms with Crippen LogP contribution in [0.15, 0.2) is 24.4 Å². The van der Waals surface area contributed by atoms with Gasteiger partial charge >= 0.3 is 0 Å². The number of likely N-dealkylation sites (tertiary alicyclic amines) is 1. The Hall–Kier alpha value is -1.13. The van der Waals surface area contributed by atoms with Gasteiger partial charge in [0.15, 0.2) is 0 Å². The molecule has 0 aliphatic carbocycles. The number of likely N-dealkylation sites (N-methyl/N-ethyl adjacent to an activating group) is 1. The maximum Gasteiger partial charge on any atom is 0.128 e. The van der Waals surface area contributed by atoms with Gasteiger partial charge < -0.3 is 15.1 Å². The molecule has 2 aliphatic rings. The largest absolute Gasteiger partial charge is 0.357 e. The average molecular weight is 260 g/mol. The summed E-state index contributed by atoms with van der Waals surface area (Å²) in [6.45, 7) is 4.69. The van der Waals surface area contributed by atoms with Crippen molar-refractivity contribution in [3.63, 3.8) is 0 Å². The normalized spacial score (nSPS) is 25.9. The second-order valence-corrected chi connectivity index (χ2v) is 5.86. The van der Waals surface area contributed by atoms with E-state index in [-0.39, 0.29) is 0 Å². The Bertz CT molecular complexity index is 386. The lowest BCUT2D eigenvalue weighted by Crippen LogP contribution is -2.47. The molecule has 4 heteroatoms. The number of pyridine rings is 1. The number of hydrogen-bond donors (Lipinski definition) is 1. The molecule has 3 heterocycles. The third-order valence-electron chi connectivity index (χ3n) is 4.33. The summed E-state index contributed by atoms with van der Waals surface area (Å²) in [6.07, 6.45) is 5.65. The summed E-state index contributed by atoms with van der Waals surface area (Å²) < 4.78 is 0. The Labute approximate surface area is 115 Å². The van der Waals surface area contributed by atoms with Gasteiger partial charge in [0, 0.05) is 37.9 Å². The highest BCUT2D eigenvalue weighted by atomic mass is 15.2. The molecule has 2 fully saturated rings. The highest BCUT2D eigenvalue weighted by Gasteiger charge is 2.25. The van der Waals surface area contributed by atoms with Crippen molar-refractivity contribution in [3.8, 4) is 0 Å². The molecule has 1 N–H and O–H groups in total. The average Bonchev–Trinajstić information content (AvgIpc) is 2.86. The molecule has 0 saturated carbocycles. The fourth-order valence-corrected chi connectivity index (χ4v) is 3.22. The van der Waals surface area contributed by atoms with Crippen LogP contribution >= 0.6 is 0 Å². The van der Waals surface area contributed by atoms with Crippen molar-refractivity contribution >= 4 is 5.82 Å². The summed E-state index contributed by atoms with van der Waals surface area (Å²) in [5, 5.41) is 3.83. The van der Waals surface area contributed by atoms with E-state index < -0.39 is 0 Å². The summed E-state index contributed by atoms with van der Waals surface area (Å²) in [5.41, 5.74) is 0. The highest BCUT2D eigenvalue weighted by molar-refractivity contribution is 5.38. The number of hydrogen-bond acceptors (Lipinski definition) is 4. The predicted octanol–water partition coefficient (Wildman–Crippen LogP) is 1.34. The van der Waals surface area contributed by atoms with Crippen LogP contribution < -0.4 is 10.2 Å². The van der Waals surface area contributed by atoms with Crippen molar-refractivity contribution in [1.29, 1.82) is 0 Å². The molecule has 0 radical (unpaired) electrons. The molecule has 3 rings (SSSR count). The Morgan fingerprint density at radius 2 is 1.89 bits per heavy atom. The third-order valence-corrected chi connectivity index (χ3v) is 4.33. The Balaban J connectivity index is 1.47. The molecule has 0 bridgehead atoms. The third kappa shape index (κ3) is 3.25. The smallest absolute Gasteiger partial charge is 0.128 e. The first kappa shape index (κ1) is 12.9. The Morgan fingerprint density at radius 1 is 1.11 bits per heavy atom. The second kappa shape index (κ2) is 5.88. The van der Waals surface area contributed by atoms with E-state index in [9.17, 15) is 0 Å². The monoisotopic (exact) mass is 260 g/mol. The first-order valence-electron chi connectivity index (χ1n) is 7.42. The molecular formula is C15H24N4. The molecule has 19 heavy (non-hydrogen) atoms. The molecule has 1 aromatic rings. The zero-order chi connectivity index (χ0) is 13.1. The highest BCUT2D eigenvalue weighted by Crippen LogP contribution is 2.18. The molecule has 0 amide bonds. The number of rotatable bonds is 3. The molecule has 2 saturated heterocycles. The van der Waals surface area contributed by atoms with Crippen LogP contribution in [0.4, 0.5) is 5.82 Å². The van der Waals surface area contributed by atoms with E-state index in [0.29, 0.717) is 12.1 Å². The van der Waals surface area contributed by atoms with Crippen LogP contribution in [0.1, 0.15) is 19.3 Å². The fourth-order valence-electron chi connectivity index (χ4n) is 3.22. The molecule has 104 valence electrons. The summed E-state index contributed by atoms with van der Waals surface area (Å²) in [4.78, 5) is 9.26. The molecule has 1 aromatic heterocycles. The number of nitrogens with zero attached hydrogens (tertiary/aromatic N) is 3. The number of anilines is 1. The lowest BCUT2D eigenvalue weighted by atomic mass is 10.0. The van der Waals surface area contributed by atoms with Crippen molar-refractivity contribution < 1.29 is 0 Å². The number of aromatic nitrogens is 1. The lowest BCUT2D eigenvalue weighted by molar-refractivity contribution is 0.349. The first-order chi connectivity index (χ1) is 9.31. The molecule has 0 aromatic carbocycles. The van der Waals surface area contributed by atoms with E-state index in [1.54, 1.807) is 0 Å². The Morgan fingerprint density at radius 3 is 2.53 bits per heavy atom. The summed E-state index contributed by atoms with van der Waals surface area (Å²) in [7, 11) is 2.21. The van der Waals surface area contributed by atoms with Gasteiger partial charge in [-0.1, -0.05) is 6.07 Å². The van der Waals surface area contributed by atoms with Gasteiger partial charge in [-0.05, 0) is 45.0 Å². The van der Waals surface area contributed by atoms with Gasteiger partial charge in [0.1, 0.15) is 5.82 Å². The van der Waals surface area contributed by atoms with E-state index in [2.05, 4.69) is 39.3 Å². The minimum absolute atomic E-state index is 0.691. The van der Waals surface area contributed by atoms with Crippen LogP contribution in [-0.2, 0) is 0 Å². The van der Waals surface area contributed by atoms with Crippen LogP contribution in [0.3, 0.4) is 0 Å². The minimum atomic E-state index is 0.691. The molecule has 4 nitrogen and oxygen atoms in total. The Kier molecular flexibility index (Phi) is 3.99. The van der Waals surface area contributed by atoms with E-state index in [1.807, 2.05) is 12.3 Å². The van der Waals surface area contributed by atoms with Crippen LogP contribution in [0.25, 0.3) is 0 Å². The molecular weight excluding hydrogens is 236 g/mol. The topological polar surface area (TPSA) is 31.4 Å². The van der Waals surface area contributed by atoms with Gasteiger partial charge in [0.2, 0.25) is 0 Å². The maximum atomic E-state index is 4.44.